The van der Waals surface area contributed by atoms with E-state index in [1.165, 1.54) is 0 Å². The standard InChI is InChI=1S/C26H28N6O2/c1-3-34-17(2)14-28-24-25-29-15-23(32(25)16-22(31-24)18-10-12-27-13-11-18)19-4-6-20(7-5-19)26(33)30-21-8-9-21/h4-7,10-13,15-17,21H,3,8-9,14H2,1-2H3,(H,28,31)(H,30,33). The average molecular weight is 457 g/mol. The molecule has 0 saturated heterocycles. The number of hydrogen-bond acceptors (Lipinski definition) is 6. The lowest BCUT2D eigenvalue weighted by atomic mass is 10.1. The number of aromatic nitrogens is 4. The maximum absolute atomic E-state index is 12.4. The van der Waals surface area contributed by atoms with E-state index in [0.29, 0.717) is 30.6 Å². The molecule has 1 unspecified atom stereocenters. The summed E-state index contributed by atoms with van der Waals surface area (Å²) in [7, 11) is 0. The third kappa shape index (κ3) is 4.77. The van der Waals surface area contributed by atoms with Gasteiger partial charge in [-0.15, -0.1) is 0 Å². The molecule has 8 nitrogen and oxygen atoms in total. The van der Waals surface area contributed by atoms with Gasteiger partial charge in [-0.3, -0.25) is 14.2 Å². The van der Waals surface area contributed by atoms with Crippen LogP contribution >= 0.6 is 0 Å². The number of carbonyl (C=O) groups is 1. The molecule has 3 heterocycles. The van der Waals surface area contributed by atoms with Gasteiger partial charge in [-0.1, -0.05) is 12.1 Å². The maximum Gasteiger partial charge on any atom is 0.251 e. The number of rotatable bonds is 9. The van der Waals surface area contributed by atoms with Gasteiger partial charge >= 0.3 is 0 Å². The molecular weight excluding hydrogens is 428 g/mol. The SMILES string of the molecule is CCOC(C)CNc1nc(-c2ccncc2)cn2c(-c3ccc(C(=O)NC4CC4)cc3)cnc12. The fraction of sp³-hybridized carbons (Fsp3) is 0.308. The lowest BCUT2D eigenvalue weighted by molar-refractivity contribution is 0.0855. The predicted molar refractivity (Wildman–Crippen MR) is 132 cm³/mol. The molecule has 1 aliphatic carbocycles. The van der Waals surface area contributed by atoms with Crippen molar-refractivity contribution in [2.24, 2.45) is 0 Å². The van der Waals surface area contributed by atoms with Crippen molar-refractivity contribution in [2.45, 2.75) is 38.8 Å². The summed E-state index contributed by atoms with van der Waals surface area (Å²) in [6, 6.07) is 11.8. The number of pyridine rings is 1. The van der Waals surface area contributed by atoms with Gasteiger partial charge in [-0.05, 0) is 51.0 Å². The Morgan fingerprint density at radius 1 is 1.15 bits per heavy atom. The van der Waals surface area contributed by atoms with Gasteiger partial charge in [-0.25, -0.2) is 9.97 Å². The molecule has 8 heteroatoms. The van der Waals surface area contributed by atoms with Crippen LogP contribution in [0.1, 0.15) is 37.0 Å². The minimum Gasteiger partial charge on any atom is -0.377 e. The number of amides is 1. The number of hydrogen-bond donors (Lipinski definition) is 2. The molecule has 1 aromatic carbocycles. The highest BCUT2D eigenvalue weighted by atomic mass is 16.5. The highest BCUT2D eigenvalue weighted by Crippen LogP contribution is 2.28. The Morgan fingerprint density at radius 2 is 1.91 bits per heavy atom. The molecule has 0 bridgehead atoms. The quantitative estimate of drug-likeness (QED) is 0.392. The zero-order valence-electron chi connectivity index (χ0n) is 19.4. The zero-order valence-corrected chi connectivity index (χ0v) is 19.4. The van der Waals surface area contributed by atoms with Gasteiger partial charge in [0.05, 0.1) is 23.7 Å². The van der Waals surface area contributed by atoms with Crippen LogP contribution in [-0.4, -0.2) is 50.6 Å². The van der Waals surface area contributed by atoms with E-state index in [9.17, 15) is 4.79 Å². The highest BCUT2D eigenvalue weighted by molar-refractivity contribution is 5.95. The number of carbonyl (C=O) groups excluding carboxylic acids is 1. The Kier molecular flexibility index (Phi) is 6.22. The topological polar surface area (TPSA) is 93.4 Å². The van der Waals surface area contributed by atoms with E-state index in [2.05, 4.69) is 20.6 Å². The summed E-state index contributed by atoms with van der Waals surface area (Å²) in [5.74, 6) is 0.666. The molecule has 174 valence electrons. The molecule has 1 amide bonds. The Balaban J connectivity index is 1.51. The third-order valence-corrected chi connectivity index (χ3v) is 5.83. The van der Waals surface area contributed by atoms with Gasteiger partial charge in [0.1, 0.15) is 0 Å². The van der Waals surface area contributed by atoms with Gasteiger partial charge in [0.15, 0.2) is 11.5 Å². The van der Waals surface area contributed by atoms with Crippen LogP contribution in [0.3, 0.4) is 0 Å². The van der Waals surface area contributed by atoms with Crippen molar-refractivity contribution in [2.75, 3.05) is 18.5 Å². The Hall–Kier alpha value is -3.78. The second-order valence-corrected chi connectivity index (χ2v) is 8.52. The third-order valence-electron chi connectivity index (χ3n) is 5.83. The number of imidazole rings is 1. The number of ether oxygens (including phenoxy) is 1. The molecule has 1 saturated carbocycles. The molecule has 5 rings (SSSR count). The lowest BCUT2D eigenvalue weighted by Gasteiger charge is -2.15. The highest BCUT2D eigenvalue weighted by Gasteiger charge is 2.23. The normalized spacial score (nSPS) is 14.2. The van der Waals surface area contributed by atoms with E-state index < -0.39 is 0 Å². The van der Waals surface area contributed by atoms with Crippen LogP contribution in [0.2, 0.25) is 0 Å². The molecule has 34 heavy (non-hydrogen) atoms. The van der Waals surface area contributed by atoms with Crippen LogP contribution in [0.25, 0.3) is 28.2 Å². The molecule has 1 atom stereocenters. The van der Waals surface area contributed by atoms with E-state index in [1.54, 1.807) is 12.4 Å². The van der Waals surface area contributed by atoms with Crippen LogP contribution in [-0.2, 0) is 4.74 Å². The molecule has 3 aromatic heterocycles. The first-order valence-corrected chi connectivity index (χ1v) is 11.7. The van der Waals surface area contributed by atoms with Crippen molar-refractivity contribution in [3.05, 3.63) is 66.7 Å². The van der Waals surface area contributed by atoms with E-state index in [4.69, 9.17) is 9.72 Å². The molecule has 1 aliphatic rings. The molecular formula is C26H28N6O2. The second kappa shape index (κ2) is 9.61. The summed E-state index contributed by atoms with van der Waals surface area (Å²) in [6.45, 7) is 5.28. The smallest absolute Gasteiger partial charge is 0.251 e. The van der Waals surface area contributed by atoms with Crippen LogP contribution in [0.4, 0.5) is 5.82 Å². The molecule has 0 spiro atoms. The average Bonchev–Trinajstić information content (AvgIpc) is 3.58. The van der Waals surface area contributed by atoms with Crippen molar-refractivity contribution in [3.8, 4) is 22.5 Å². The zero-order chi connectivity index (χ0) is 23.5. The number of nitrogens with one attached hydrogen (secondary N) is 2. The van der Waals surface area contributed by atoms with Crippen molar-refractivity contribution in [3.63, 3.8) is 0 Å². The van der Waals surface area contributed by atoms with Crippen molar-refractivity contribution in [1.82, 2.24) is 24.7 Å². The van der Waals surface area contributed by atoms with Crippen LogP contribution in [0.15, 0.2) is 61.2 Å². The lowest BCUT2D eigenvalue weighted by Crippen LogP contribution is -2.25. The van der Waals surface area contributed by atoms with E-state index in [-0.39, 0.29) is 12.0 Å². The number of benzene rings is 1. The fourth-order valence-electron chi connectivity index (χ4n) is 3.85. The molecule has 1 fully saturated rings. The summed E-state index contributed by atoms with van der Waals surface area (Å²) in [4.78, 5) is 26.0. The van der Waals surface area contributed by atoms with Gasteiger partial charge < -0.3 is 15.4 Å². The summed E-state index contributed by atoms with van der Waals surface area (Å²) in [5.41, 5.74) is 5.05. The summed E-state index contributed by atoms with van der Waals surface area (Å²) in [6.07, 6.45) is 9.51. The van der Waals surface area contributed by atoms with Crippen molar-refractivity contribution >= 4 is 17.4 Å². The number of anilines is 1. The maximum atomic E-state index is 12.4. The van der Waals surface area contributed by atoms with E-state index in [0.717, 1.165) is 41.0 Å². The molecule has 0 aliphatic heterocycles. The van der Waals surface area contributed by atoms with Crippen molar-refractivity contribution < 1.29 is 9.53 Å². The minimum absolute atomic E-state index is 0.0220. The summed E-state index contributed by atoms with van der Waals surface area (Å²) < 4.78 is 7.70. The summed E-state index contributed by atoms with van der Waals surface area (Å²) >= 11 is 0. The monoisotopic (exact) mass is 456 g/mol. The summed E-state index contributed by atoms with van der Waals surface area (Å²) in [5, 5.41) is 6.44. The molecule has 0 radical (unpaired) electrons. The van der Waals surface area contributed by atoms with Gasteiger partial charge in [0, 0.05) is 54.5 Å². The first-order chi connectivity index (χ1) is 16.6. The van der Waals surface area contributed by atoms with Crippen LogP contribution < -0.4 is 10.6 Å². The Morgan fingerprint density at radius 3 is 2.62 bits per heavy atom. The predicted octanol–water partition coefficient (Wildman–Crippen LogP) is 4.19. The van der Waals surface area contributed by atoms with Crippen LogP contribution in [0, 0.1) is 0 Å². The fourth-order valence-corrected chi connectivity index (χ4v) is 3.85. The van der Waals surface area contributed by atoms with Crippen LogP contribution in [0.5, 0.6) is 0 Å². The Bertz CT molecular complexity index is 1280. The van der Waals surface area contributed by atoms with Crippen molar-refractivity contribution in [1.29, 1.82) is 0 Å². The molecule has 4 aromatic rings. The van der Waals surface area contributed by atoms with Gasteiger partial charge in [-0.2, -0.15) is 0 Å². The van der Waals surface area contributed by atoms with Gasteiger partial charge in [0.25, 0.3) is 5.91 Å². The first kappa shape index (κ1) is 22.0. The number of nitrogens with zero attached hydrogens (tertiary/aromatic N) is 4. The minimum atomic E-state index is -0.0220. The van der Waals surface area contributed by atoms with Gasteiger partial charge in [0.2, 0.25) is 0 Å². The number of fused-ring (bicyclic) bond motifs is 1. The Labute approximate surface area is 198 Å². The van der Waals surface area contributed by atoms with E-state index in [1.807, 2.05) is 67.0 Å². The van der Waals surface area contributed by atoms with E-state index >= 15 is 0 Å². The second-order valence-electron chi connectivity index (χ2n) is 8.52. The molecule has 2 N–H and O–H groups in total. The largest absolute Gasteiger partial charge is 0.377 e. The first-order valence-electron chi connectivity index (χ1n) is 11.7.